The van der Waals surface area contributed by atoms with Crippen molar-refractivity contribution < 1.29 is 19.5 Å². The highest BCUT2D eigenvalue weighted by atomic mass is 35.5. The smallest absolute Gasteiger partial charge is 0.332 e. The van der Waals surface area contributed by atoms with Crippen molar-refractivity contribution in [3.63, 3.8) is 0 Å². The molecule has 0 unspecified atom stereocenters. The van der Waals surface area contributed by atoms with Gasteiger partial charge < -0.3 is 14.9 Å². The average Bonchev–Trinajstić information content (AvgIpc) is 3.31. The van der Waals surface area contributed by atoms with Gasteiger partial charge in [-0.05, 0) is 67.4 Å². The second-order valence-corrected chi connectivity index (χ2v) is 10.1. The molecule has 1 aliphatic rings. The van der Waals surface area contributed by atoms with Crippen molar-refractivity contribution in [3.05, 3.63) is 101 Å². The van der Waals surface area contributed by atoms with Crippen molar-refractivity contribution in [3.8, 4) is 0 Å². The highest BCUT2D eigenvalue weighted by Gasteiger charge is 2.38. The summed E-state index contributed by atoms with van der Waals surface area (Å²) in [5, 5.41) is 14.8. The van der Waals surface area contributed by atoms with Crippen LogP contribution in [-0.4, -0.2) is 38.7 Å². The number of fused-ring (bicyclic) bond motifs is 2. The molecule has 0 saturated carbocycles. The van der Waals surface area contributed by atoms with E-state index < -0.39 is 5.97 Å². The quantitative estimate of drug-likeness (QED) is 0.308. The first-order valence-corrected chi connectivity index (χ1v) is 12.9. The van der Waals surface area contributed by atoms with Crippen molar-refractivity contribution in [1.29, 1.82) is 0 Å². The second kappa shape index (κ2) is 10.4. The average molecular weight is 543 g/mol. The largest absolute Gasteiger partial charge is 0.478 e. The van der Waals surface area contributed by atoms with Crippen LogP contribution in [0, 0.1) is 0 Å². The molecule has 0 radical (unpaired) electrons. The molecule has 39 heavy (non-hydrogen) atoms. The number of carboxylic acids is 1. The molecule has 0 spiro atoms. The third-order valence-corrected chi connectivity index (χ3v) is 7.32. The molecule has 2 atom stereocenters. The number of rotatable bonds is 6. The first-order valence-electron chi connectivity index (χ1n) is 12.5. The number of hydrogen-bond acceptors (Lipinski definition) is 4. The first-order chi connectivity index (χ1) is 18.7. The zero-order valence-corrected chi connectivity index (χ0v) is 22.3. The maximum Gasteiger partial charge on any atom is 0.332 e. The van der Waals surface area contributed by atoms with E-state index in [0.29, 0.717) is 22.5 Å². The van der Waals surface area contributed by atoms with Gasteiger partial charge in [-0.1, -0.05) is 36.4 Å². The van der Waals surface area contributed by atoms with E-state index in [2.05, 4.69) is 11.7 Å². The van der Waals surface area contributed by atoms with Crippen LogP contribution in [0.3, 0.4) is 0 Å². The molecule has 0 aliphatic carbocycles. The minimum absolute atomic E-state index is 0.0201. The molecule has 0 bridgehead atoms. The zero-order chi connectivity index (χ0) is 27.8. The topological polar surface area (TPSA) is 95.7 Å². The van der Waals surface area contributed by atoms with Gasteiger partial charge in [-0.2, -0.15) is 5.10 Å². The van der Waals surface area contributed by atoms with Crippen LogP contribution in [-0.2, 0) is 16.1 Å². The molecular weight excluding hydrogens is 516 g/mol. The molecule has 2 amide bonds. The fourth-order valence-corrected chi connectivity index (χ4v) is 5.38. The molecule has 1 aliphatic heterocycles. The lowest BCUT2D eigenvalue weighted by atomic mass is 9.89. The molecule has 5 rings (SSSR count). The van der Waals surface area contributed by atoms with Crippen molar-refractivity contribution in [1.82, 2.24) is 9.78 Å². The molecule has 3 aromatic carbocycles. The van der Waals surface area contributed by atoms with Gasteiger partial charge in [0, 0.05) is 40.3 Å². The van der Waals surface area contributed by atoms with Crippen LogP contribution in [0.1, 0.15) is 42.2 Å². The van der Waals surface area contributed by atoms with E-state index in [1.165, 1.54) is 0 Å². The number of aromatic nitrogens is 2. The Hall–Kier alpha value is -4.43. The van der Waals surface area contributed by atoms with E-state index >= 15 is 0 Å². The summed E-state index contributed by atoms with van der Waals surface area (Å²) < 4.78 is 1.55. The van der Waals surface area contributed by atoms with Gasteiger partial charge in [-0.25, -0.2) is 4.79 Å². The van der Waals surface area contributed by atoms with Gasteiger partial charge in [0.05, 0.1) is 29.9 Å². The minimum Gasteiger partial charge on any atom is -0.478 e. The van der Waals surface area contributed by atoms with Crippen molar-refractivity contribution in [2.24, 2.45) is 0 Å². The molecule has 1 aromatic heterocycles. The number of carbonyl (C=O) groups is 3. The minimum atomic E-state index is -1.08. The van der Waals surface area contributed by atoms with Gasteiger partial charge >= 0.3 is 5.97 Å². The first kappa shape index (κ1) is 26.2. The van der Waals surface area contributed by atoms with Crippen molar-refractivity contribution >= 4 is 51.7 Å². The number of benzene rings is 3. The molecule has 9 heteroatoms. The summed E-state index contributed by atoms with van der Waals surface area (Å²) in [6, 6.07) is 19.6. The van der Waals surface area contributed by atoms with Crippen LogP contribution in [0.25, 0.3) is 10.9 Å². The Kier molecular flexibility index (Phi) is 6.97. The number of anilines is 2. The Labute approximate surface area is 230 Å². The normalized spacial score (nSPS) is 16.5. The van der Waals surface area contributed by atoms with Crippen LogP contribution in [0.15, 0.2) is 85.1 Å². The number of halogens is 1. The molecule has 0 fully saturated rings. The van der Waals surface area contributed by atoms with Crippen LogP contribution in [0.2, 0.25) is 5.02 Å². The zero-order valence-electron chi connectivity index (χ0n) is 21.5. The highest BCUT2D eigenvalue weighted by Crippen LogP contribution is 2.43. The summed E-state index contributed by atoms with van der Waals surface area (Å²) in [6.07, 6.45) is 2.16. The molecule has 4 aromatic rings. The number of hydrogen-bond donors (Lipinski definition) is 1. The Morgan fingerprint density at radius 2 is 1.82 bits per heavy atom. The van der Waals surface area contributed by atoms with Crippen molar-refractivity contribution in [2.45, 2.75) is 38.9 Å². The summed E-state index contributed by atoms with van der Waals surface area (Å²) in [5.74, 6) is -1.35. The maximum atomic E-state index is 13.9. The predicted octanol–water partition coefficient (Wildman–Crippen LogP) is 5.86. The summed E-state index contributed by atoms with van der Waals surface area (Å²) in [4.78, 5) is 41.5. The van der Waals surface area contributed by atoms with E-state index in [-0.39, 0.29) is 36.0 Å². The SMILES string of the molecule is C=C(Cn1ncc2cc(C(=O)N3c4ccccc4[C@H](N(C(C)=O)c4ccc(Cl)cc4)C[C@@H]3C)ccc21)C(=O)O. The molecule has 1 N–H and O–H groups in total. The monoisotopic (exact) mass is 542 g/mol. The second-order valence-electron chi connectivity index (χ2n) is 9.68. The third kappa shape index (κ3) is 4.91. The summed E-state index contributed by atoms with van der Waals surface area (Å²) >= 11 is 6.09. The summed E-state index contributed by atoms with van der Waals surface area (Å²) in [5.41, 5.74) is 3.59. The van der Waals surface area contributed by atoms with E-state index in [9.17, 15) is 14.4 Å². The summed E-state index contributed by atoms with van der Waals surface area (Å²) in [7, 11) is 0. The molecule has 8 nitrogen and oxygen atoms in total. The Morgan fingerprint density at radius 1 is 1.10 bits per heavy atom. The van der Waals surface area contributed by atoms with Gasteiger partial charge in [-0.15, -0.1) is 0 Å². The van der Waals surface area contributed by atoms with Gasteiger partial charge in [0.2, 0.25) is 5.91 Å². The van der Waals surface area contributed by atoms with Crippen LogP contribution < -0.4 is 9.80 Å². The van der Waals surface area contributed by atoms with Crippen LogP contribution in [0.4, 0.5) is 11.4 Å². The van der Waals surface area contributed by atoms with Crippen molar-refractivity contribution in [2.75, 3.05) is 9.80 Å². The van der Waals surface area contributed by atoms with Gasteiger partial charge in [-0.3, -0.25) is 14.3 Å². The molecule has 0 saturated heterocycles. The van der Waals surface area contributed by atoms with Crippen LogP contribution in [0.5, 0.6) is 0 Å². The number of para-hydroxylation sites is 1. The van der Waals surface area contributed by atoms with Gasteiger partial charge in [0.1, 0.15) is 0 Å². The molecular formula is C30H27ClN4O4. The fraction of sp³-hybridized carbons (Fsp3) is 0.200. The van der Waals surface area contributed by atoms with Gasteiger partial charge in [0.15, 0.2) is 0 Å². The highest BCUT2D eigenvalue weighted by molar-refractivity contribution is 6.30. The standard InChI is InChI=1S/C30H27ClN4O4/c1-18(30(38)39)17-33-26-13-8-21(15-22(26)16-32-33)29(37)34-19(2)14-28(25-6-4-5-7-27(25)34)35(20(3)36)24-11-9-23(31)10-12-24/h4-13,15-16,19,28H,1,14,17H2,2-3H3,(H,38,39)/t19-,28+/m0/s1. The number of amides is 2. The molecule has 198 valence electrons. The van der Waals surface area contributed by atoms with Gasteiger partial charge in [0.25, 0.3) is 5.91 Å². The van der Waals surface area contributed by atoms with E-state index in [0.717, 1.165) is 22.3 Å². The lowest BCUT2D eigenvalue weighted by molar-refractivity contribution is -0.132. The third-order valence-electron chi connectivity index (χ3n) is 7.07. The molecule has 2 heterocycles. The number of carboxylic acid groups (broad SMARTS) is 1. The van der Waals surface area contributed by atoms with Crippen LogP contribution >= 0.6 is 11.6 Å². The Bertz CT molecular complexity index is 1610. The maximum absolute atomic E-state index is 13.9. The number of nitrogens with zero attached hydrogens (tertiary/aromatic N) is 4. The fourth-order valence-electron chi connectivity index (χ4n) is 5.25. The summed E-state index contributed by atoms with van der Waals surface area (Å²) in [6.45, 7) is 7.14. The number of aliphatic carboxylic acids is 1. The van der Waals surface area contributed by atoms with E-state index in [1.807, 2.05) is 43.3 Å². The lowest BCUT2D eigenvalue weighted by Crippen LogP contribution is -2.47. The lowest BCUT2D eigenvalue weighted by Gasteiger charge is -2.43. The Balaban J connectivity index is 1.50. The van der Waals surface area contributed by atoms with E-state index in [4.69, 9.17) is 16.7 Å². The predicted molar refractivity (Wildman–Crippen MR) is 151 cm³/mol. The Morgan fingerprint density at radius 3 is 2.51 bits per heavy atom. The van der Waals surface area contributed by atoms with E-state index in [1.54, 1.807) is 57.9 Å². The number of carbonyl (C=O) groups excluding carboxylic acids is 2.